The van der Waals surface area contributed by atoms with Crippen LogP contribution in [0.1, 0.15) is 19.3 Å². The average Bonchev–Trinajstić information content (AvgIpc) is 2.39. The van der Waals surface area contributed by atoms with Crippen molar-refractivity contribution >= 4 is 0 Å². The molecule has 1 saturated carbocycles. The second-order valence-corrected chi connectivity index (χ2v) is 2.89. The molecule has 44 valence electrons. The van der Waals surface area contributed by atoms with Crippen LogP contribution in [0.4, 0.5) is 0 Å². The van der Waals surface area contributed by atoms with E-state index in [1.54, 1.807) is 0 Å². The number of hydrogen-bond donors (Lipinski definition) is 1. The Balaban J connectivity index is 2.23. The highest BCUT2D eigenvalue weighted by Gasteiger charge is 2.46. The molecule has 8 heavy (non-hydrogen) atoms. The minimum Gasteiger partial charge on any atom is -0.304 e. The van der Waals surface area contributed by atoms with Crippen LogP contribution >= 0.6 is 0 Å². The van der Waals surface area contributed by atoms with Gasteiger partial charge in [-0.2, -0.15) is 0 Å². The van der Waals surface area contributed by atoms with Crippen LogP contribution in [0.3, 0.4) is 0 Å². The Kier molecular flexibility index (Phi) is 0.662. The van der Waals surface area contributed by atoms with E-state index in [1.165, 1.54) is 31.4 Å². The van der Waals surface area contributed by atoms with Crippen LogP contribution < -0.4 is 5.32 Å². The summed E-state index contributed by atoms with van der Waals surface area (Å²) in [5.41, 5.74) is 1.90. The summed E-state index contributed by atoms with van der Waals surface area (Å²) >= 11 is 0. The lowest BCUT2D eigenvalue weighted by atomic mass is 10.1. The maximum Gasteiger partial charge on any atom is 0.0519 e. The van der Waals surface area contributed by atoms with Crippen LogP contribution in [0.2, 0.25) is 0 Å². The van der Waals surface area contributed by atoms with E-state index >= 15 is 0 Å². The predicted molar refractivity (Wildman–Crippen MR) is 33.7 cm³/mol. The molecule has 1 atom stereocenters. The third-order valence-electron chi connectivity index (χ3n) is 2.36. The molecule has 0 aromatic rings. The zero-order valence-corrected chi connectivity index (χ0v) is 5.04. The predicted octanol–water partition coefficient (Wildman–Crippen LogP) is 1.07. The van der Waals surface area contributed by atoms with Gasteiger partial charge in [-0.3, -0.25) is 0 Å². The van der Waals surface area contributed by atoms with Crippen LogP contribution in [0, 0.1) is 0 Å². The Bertz CT molecular complexity index is 133. The first-order valence-electron chi connectivity index (χ1n) is 3.27. The van der Waals surface area contributed by atoms with E-state index in [4.69, 9.17) is 0 Å². The molecule has 0 aromatic carbocycles. The van der Waals surface area contributed by atoms with Gasteiger partial charge in [0.15, 0.2) is 0 Å². The van der Waals surface area contributed by atoms with Gasteiger partial charge >= 0.3 is 0 Å². The summed E-state index contributed by atoms with van der Waals surface area (Å²) in [6.07, 6.45) is 3.95. The summed E-state index contributed by atoms with van der Waals surface area (Å²) < 4.78 is 0. The first-order chi connectivity index (χ1) is 3.83. The molecule has 1 nitrogen and oxygen atoms in total. The molecule has 1 aliphatic carbocycles. The van der Waals surface area contributed by atoms with Gasteiger partial charge in [0, 0.05) is 6.54 Å². The van der Waals surface area contributed by atoms with Crippen LogP contribution in [0.5, 0.6) is 0 Å². The van der Waals surface area contributed by atoms with E-state index in [0.29, 0.717) is 5.54 Å². The molecule has 2 rings (SSSR count). The van der Waals surface area contributed by atoms with Crippen molar-refractivity contribution in [3.8, 4) is 0 Å². The van der Waals surface area contributed by atoms with Crippen molar-refractivity contribution in [2.24, 2.45) is 0 Å². The second kappa shape index (κ2) is 1.16. The molecule has 1 saturated heterocycles. The summed E-state index contributed by atoms with van der Waals surface area (Å²) in [7, 11) is 0. The molecule has 1 N–H and O–H groups in total. The molecular formula is C7H11N. The molecule has 1 unspecified atom stereocenters. The van der Waals surface area contributed by atoms with Gasteiger partial charge in [-0.15, -0.1) is 0 Å². The minimum absolute atomic E-state index is 0.458. The topological polar surface area (TPSA) is 21.9 Å². The van der Waals surface area contributed by atoms with Crippen LogP contribution in [-0.2, 0) is 0 Å². The fraction of sp³-hybridized carbons (Fsp3) is 0.714. The van der Waals surface area contributed by atoms with Gasteiger partial charge in [0.05, 0.1) is 5.54 Å². The van der Waals surface area contributed by atoms with Crippen molar-refractivity contribution in [3.05, 3.63) is 12.2 Å². The first kappa shape index (κ1) is 4.57. The van der Waals surface area contributed by atoms with Crippen molar-refractivity contribution in [2.75, 3.05) is 6.54 Å². The third kappa shape index (κ3) is 0.402. The van der Waals surface area contributed by atoms with Crippen molar-refractivity contribution in [3.63, 3.8) is 0 Å². The molecule has 0 aromatic heterocycles. The number of nitrogens with one attached hydrogen (secondary N) is 1. The van der Waals surface area contributed by atoms with E-state index in [1.807, 2.05) is 0 Å². The average molecular weight is 109 g/mol. The van der Waals surface area contributed by atoms with Gasteiger partial charge in [0.2, 0.25) is 0 Å². The van der Waals surface area contributed by atoms with E-state index in [9.17, 15) is 0 Å². The molecular weight excluding hydrogens is 98.1 g/mol. The summed E-state index contributed by atoms with van der Waals surface area (Å²) in [6.45, 7) is 5.21. The Hall–Kier alpha value is -0.300. The molecule has 2 aliphatic rings. The number of hydrogen-bond acceptors (Lipinski definition) is 1. The number of rotatable bonds is 0. The maximum absolute atomic E-state index is 4.01. The molecule has 1 spiro atoms. The van der Waals surface area contributed by atoms with Crippen molar-refractivity contribution in [1.29, 1.82) is 0 Å². The lowest BCUT2D eigenvalue weighted by Crippen LogP contribution is -2.09. The van der Waals surface area contributed by atoms with Crippen molar-refractivity contribution in [1.82, 2.24) is 5.32 Å². The highest BCUT2D eigenvalue weighted by molar-refractivity contribution is 5.30. The van der Waals surface area contributed by atoms with Gasteiger partial charge in [-0.25, -0.2) is 0 Å². The minimum atomic E-state index is 0.458. The van der Waals surface area contributed by atoms with Gasteiger partial charge in [-0.05, 0) is 19.3 Å². The van der Waals surface area contributed by atoms with E-state index in [-0.39, 0.29) is 0 Å². The monoisotopic (exact) mass is 109 g/mol. The van der Waals surface area contributed by atoms with Crippen LogP contribution in [0.25, 0.3) is 0 Å². The summed E-state index contributed by atoms with van der Waals surface area (Å²) in [5.74, 6) is 0. The molecule has 1 heterocycles. The quantitative estimate of drug-likeness (QED) is 0.365. The molecule has 0 amide bonds. The Morgan fingerprint density at radius 3 is 2.62 bits per heavy atom. The highest BCUT2D eigenvalue weighted by Crippen LogP contribution is 2.40. The normalized spacial score (nSPS) is 43.8. The van der Waals surface area contributed by atoms with Crippen molar-refractivity contribution in [2.45, 2.75) is 24.8 Å². The van der Waals surface area contributed by atoms with Crippen molar-refractivity contribution < 1.29 is 0 Å². The molecule has 0 bridgehead atoms. The molecule has 2 fully saturated rings. The molecule has 1 heteroatoms. The van der Waals surface area contributed by atoms with E-state index < -0.39 is 0 Å². The Morgan fingerprint density at radius 1 is 1.62 bits per heavy atom. The smallest absolute Gasteiger partial charge is 0.0519 e. The van der Waals surface area contributed by atoms with Gasteiger partial charge in [-0.1, -0.05) is 12.2 Å². The maximum atomic E-state index is 4.01. The standard InChI is InChI=1S/C7H11N/c1-6-3-2-4-7(6)5-8-7/h8H,1-5H2. The fourth-order valence-electron chi connectivity index (χ4n) is 1.55. The summed E-state index contributed by atoms with van der Waals surface area (Å²) in [6, 6.07) is 0. The van der Waals surface area contributed by atoms with Crippen LogP contribution in [-0.4, -0.2) is 12.1 Å². The van der Waals surface area contributed by atoms with Gasteiger partial charge in [0.1, 0.15) is 0 Å². The lowest BCUT2D eigenvalue weighted by molar-refractivity contribution is 0.736. The first-order valence-corrected chi connectivity index (χ1v) is 3.27. The molecule has 1 aliphatic heterocycles. The summed E-state index contributed by atoms with van der Waals surface area (Å²) in [5, 5.41) is 3.36. The van der Waals surface area contributed by atoms with Crippen LogP contribution in [0.15, 0.2) is 12.2 Å². The van der Waals surface area contributed by atoms with Gasteiger partial charge in [0.25, 0.3) is 0 Å². The highest BCUT2D eigenvalue weighted by atomic mass is 15.2. The van der Waals surface area contributed by atoms with Gasteiger partial charge < -0.3 is 5.32 Å². The Morgan fingerprint density at radius 2 is 2.38 bits per heavy atom. The summed E-state index contributed by atoms with van der Waals surface area (Å²) in [4.78, 5) is 0. The third-order valence-corrected chi connectivity index (χ3v) is 2.36. The Labute approximate surface area is 49.8 Å². The van der Waals surface area contributed by atoms with E-state index in [2.05, 4.69) is 11.9 Å². The molecule has 0 radical (unpaired) electrons. The lowest BCUT2D eigenvalue weighted by Gasteiger charge is -2.01. The fourth-order valence-corrected chi connectivity index (χ4v) is 1.55. The zero-order valence-electron chi connectivity index (χ0n) is 5.04. The SMILES string of the molecule is C=C1CCCC12CN2. The van der Waals surface area contributed by atoms with E-state index in [0.717, 1.165) is 0 Å². The largest absolute Gasteiger partial charge is 0.304 e. The zero-order chi connectivity index (χ0) is 5.61. The second-order valence-electron chi connectivity index (χ2n) is 2.89.